The molecule has 3 N–H and O–H groups in total. The third-order valence-electron chi connectivity index (χ3n) is 6.14. The maximum absolute atomic E-state index is 10.9. The van der Waals surface area contributed by atoms with Gasteiger partial charge in [0, 0.05) is 12.0 Å². The summed E-state index contributed by atoms with van der Waals surface area (Å²) in [4.78, 5) is 0. The molecule has 2 saturated carbocycles. The summed E-state index contributed by atoms with van der Waals surface area (Å²) in [7, 11) is 0. The van der Waals surface area contributed by atoms with Gasteiger partial charge in [-0.05, 0) is 56.3 Å². The molecule has 0 aromatic rings. The number of rotatable bonds is 4. The van der Waals surface area contributed by atoms with Gasteiger partial charge in [0.25, 0.3) is 0 Å². The van der Waals surface area contributed by atoms with E-state index in [0.717, 1.165) is 24.7 Å². The van der Waals surface area contributed by atoms with Crippen molar-refractivity contribution in [3.8, 4) is 0 Å². The van der Waals surface area contributed by atoms with E-state index in [-0.39, 0.29) is 11.5 Å². The molecule has 0 aliphatic heterocycles. The predicted octanol–water partition coefficient (Wildman–Crippen LogP) is 3.72. The van der Waals surface area contributed by atoms with E-state index < -0.39 is 0 Å². The molecule has 0 aromatic carbocycles. The Hall–Kier alpha value is -0.0800. The first-order chi connectivity index (χ1) is 9.11. The molecule has 2 rings (SSSR count). The van der Waals surface area contributed by atoms with Gasteiger partial charge < -0.3 is 10.8 Å². The van der Waals surface area contributed by atoms with Crippen LogP contribution in [-0.4, -0.2) is 17.8 Å². The van der Waals surface area contributed by atoms with Crippen molar-refractivity contribution in [2.24, 2.45) is 28.9 Å². The fourth-order valence-corrected chi connectivity index (χ4v) is 4.55. The molecule has 3 unspecified atom stereocenters. The zero-order valence-electron chi connectivity index (χ0n) is 12.9. The third kappa shape index (κ3) is 3.33. The Morgan fingerprint density at radius 2 is 1.89 bits per heavy atom. The number of nitrogens with two attached hydrogens (primary N) is 1. The Labute approximate surface area is 119 Å². The van der Waals surface area contributed by atoms with E-state index >= 15 is 0 Å². The molecule has 0 bridgehead atoms. The van der Waals surface area contributed by atoms with Gasteiger partial charge in [0.05, 0.1) is 6.10 Å². The van der Waals surface area contributed by atoms with E-state index in [1.54, 1.807) is 0 Å². The van der Waals surface area contributed by atoms with Gasteiger partial charge in [-0.2, -0.15) is 0 Å². The van der Waals surface area contributed by atoms with Crippen LogP contribution in [0.4, 0.5) is 0 Å². The highest BCUT2D eigenvalue weighted by Crippen LogP contribution is 2.46. The molecule has 112 valence electrons. The molecule has 19 heavy (non-hydrogen) atoms. The summed E-state index contributed by atoms with van der Waals surface area (Å²) < 4.78 is 0. The number of aliphatic hydroxyl groups is 1. The van der Waals surface area contributed by atoms with Gasteiger partial charge >= 0.3 is 0 Å². The molecule has 2 fully saturated rings. The van der Waals surface area contributed by atoms with Crippen LogP contribution in [-0.2, 0) is 0 Å². The van der Waals surface area contributed by atoms with Gasteiger partial charge in [-0.1, -0.05) is 33.1 Å². The average molecular weight is 267 g/mol. The summed E-state index contributed by atoms with van der Waals surface area (Å²) in [6, 6.07) is 0. The summed E-state index contributed by atoms with van der Waals surface area (Å²) in [6.07, 6.45) is 11.0. The van der Waals surface area contributed by atoms with Crippen LogP contribution >= 0.6 is 0 Å². The molecule has 0 heterocycles. The van der Waals surface area contributed by atoms with E-state index in [0.29, 0.717) is 12.5 Å². The first-order valence-electron chi connectivity index (χ1n) is 8.49. The maximum Gasteiger partial charge on any atom is 0.0636 e. The molecule has 0 radical (unpaired) electrons. The van der Waals surface area contributed by atoms with Crippen LogP contribution in [0.25, 0.3) is 0 Å². The van der Waals surface area contributed by atoms with Gasteiger partial charge in [-0.25, -0.2) is 0 Å². The zero-order valence-corrected chi connectivity index (χ0v) is 12.9. The van der Waals surface area contributed by atoms with E-state index in [4.69, 9.17) is 5.73 Å². The lowest BCUT2D eigenvalue weighted by atomic mass is 9.62. The van der Waals surface area contributed by atoms with E-state index in [1.165, 1.54) is 44.9 Å². The average Bonchev–Trinajstić information content (AvgIpc) is 2.46. The molecule has 0 saturated heterocycles. The number of hydrogen-bond acceptors (Lipinski definition) is 2. The molecule has 0 amide bonds. The minimum Gasteiger partial charge on any atom is -0.392 e. The van der Waals surface area contributed by atoms with E-state index in [9.17, 15) is 5.11 Å². The quantitative estimate of drug-likeness (QED) is 0.815. The van der Waals surface area contributed by atoms with Gasteiger partial charge in [0.15, 0.2) is 0 Å². The fraction of sp³-hybridized carbons (Fsp3) is 1.00. The standard InChI is InChI=1S/C17H33NO/c1-3-14-7-9-17(12-18,10-8-14)16(19)15-6-4-5-13(2)11-15/h13-16,19H,3-12,18H2,1-2H3. The van der Waals surface area contributed by atoms with Crippen LogP contribution in [0.1, 0.15) is 71.6 Å². The van der Waals surface area contributed by atoms with Crippen molar-refractivity contribution in [1.82, 2.24) is 0 Å². The number of aliphatic hydroxyl groups excluding tert-OH is 1. The summed E-state index contributed by atoms with van der Waals surface area (Å²) in [5.74, 6) is 2.16. The van der Waals surface area contributed by atoms with Crippen LogP contribution in [0, 0.1) is 23.2 Å². The van der Waals surface area contributed by atoms with Crippen LogP contribution in [0.5, 0.6) is 0 Å². The van der Waals surface area contributed by atoms with Crippen LogP contribution in [0.15, 0.2) is 0 Å². The maximum atomic E-state index is 10.9. The molecule has 0 spiro atoms. The van der Waals surface area contributed by atoms with Crippen LogP contribution in [0.3, 0.4) is 0 Å². The molecule has 2 aliphatic carbocycles. The lowest BCUT2D eigenvalue weighted by molar-refractivity contribution is -0.0583. The van der Waals surface area contributed by atoms with Crippen LogP contribution < -0.4 is 5.73 Å². The summed E-state index contributed by atoms with van der Waals surface area (Å²) in [5, 5.41) is 10.9. The molecular formula is C17H33NO. The van der Waals surface area contributed by atoms with Crippen molar-refractivity contribution < 1.29 is 5.11 Å². The minimum absolute atomic E-state index is 0.0351. The van der Waals surface area contributed by atoms with E-state index in [1.807, 2.05) is 0 Å². The fourth-order valence-electron chi connectivity index (χ4n) is 4.55. The first-order valence-corrected chi connectivity index (χ1v) is 8.49. The van der Waals surface area contributed by atoms with Crippen molar-refractivity contribution in [3.05, 3.63) is 0 Å². The highest BCUT2D eigenvalue weighted by atomic mass is 16.3. The SMILES string of the molecule is CCC1CCC(CN)(C(O)C2CCCC(C)C2)CC1. The lowest BCUT2D eigenvalue weighted by Gasteiger charge is -2.46. The van der Waals surface area contributed by atoms with E-state index in [2.05, 4.69) is 13.8 Å². The second kappa shape index (κ2) is 6.58. The first kappa shape index (κ1) is 15.3. The van der Waals surface area contributed by atoms with Gasteiger partial charge in [-0.15, -0.1) is 0 Å². The zero-order chi connectivity index (χ0) is 13.9. The second-order valence-corrected chi connectivity index (χ2v) is 7.39. The third-order valence-corrected chi connectivity index (χ3v) is 6.14. The largest absolute Gasteiger partial charge is 0.392 e. The van der Waals surface area contributed by atoms with Crippen molar-refractivity contribution in [2.75, 3.05) is 6.54 Å². The molecule has 2 aliphatic rings. The second-order valence-electron chi connectivity index (χ2n) is 7.39. The van der Waals surface area contributed by atoms with Crippen molar-refractivity contribution in [1.29, 1.82) is 0 Å². The number of hydrogen-bond donors (Lipinski definition) is 2. The molecule has 0 aromatic heterocycles. The van der Waals surface area contributed by atoms with Gasteiger partial charge in [0.2, 0.25) is 0 Å². The summed E-state index contributed by atoms with van der Waals surface area (Å²) in [6.45, 7) is 5.30. The van der Waals surface area contributed by atoms with Crippen molar-refractivity contribution >= 4 is 0 Å². The van der Waals surface area contributed by atoms with Gasteiger partial charge in [0.1, 0.15) is 0 Å². The summed E-state index contributed by atoms with van der Waals surface area (Å²) in [5.41, 5.74) is 6.14. The summed E-state index contributed by atoms with van der Waals surface area (Å²) >= 11 is 0. The molecule has 2 heteroatoms. The highest BCUT2D eigenvalue weighted by Gasteiger charge is 2.43. The Bertz CT molecular complexity index is 270. The highest BCUT2D eigenvalue weighted by molar-refractivity contribution is 4.95. The smallest absolute Gasteiger partial charge is 0.0636 e. The predicted molar refractivity (Wildman–Crippen MR) is 80.9 cm³/mol. The molecular weight excluding hydrogens is 234 g/mol. The van der Waals surface area contributed by atoms with Crippen molar-refractivity contribution in [2.45, 2.75) is 77.7 Å². The monoisotopic (exact) mass is 267 g/mol. The normalized spacial score (nSPS) is 42.0. The minimum atomic E-state index is -0.155. The Morgan fingerprint density at radius 1 is 1.21 bits per heavy atom. The lowest BCUT2D eigenvalue weighted by Crippen LogP contribution is -2.48. The molecule has 2 nitrogen and oxygen atoms in total. The Morgan fingerprint density at radius 3 is 2.42 bits per heavy atom. The Kier molecular flexibility index (Phi) is 5.30. The molecule has 3 atom stereocenters. The Balaban J connectivity index is 2.00. The topological polar surface area (TPSA) is 46.2 Å². The van der Waals surface area contributed by atoms with Gasteiger partial charge in [-0.3, -0.25) is 0 Å². The van der Waals surface area contributed by atoms with Crippen LogP contribution in [0.2, 0.25) is 0 Å². The van der Waals surface area contributed by atoms with Crippen molar-refractivity contribution in [3.63, 3.8) is 0 Å².